The fourth-order valence-corrected chi connectivity index (χ4v) is 2.49. The normalized spacial score (nSPS) is 10.6. The first-order valence-electron chi connectivity index (χ1n) is 8.57. The Bertz CT molecular complexity index is 612. The Kier molecular flexibility index (Phi) is 7.43. The molecular weight excluding hydrogens is 300 g/mol. The number of benzene rings is 2. The first kappa shape index (κ1) is 18.1. The van der Waals surface area contributed by atoms with Crippen molar-refractivity contribution in [2.24, 2.45) is 0 Å². The fraction of sp³-hybridized carbons (Fsp3) is 0.400. The molecular formula is C20H28N2O2. The highest BCUT2D eigenvalue weighted by Crippen LogP contribution is 2.23. The van der Waals surface area contributed by atoms with E-state index in [1.54, 1.807) is 7.11 Å². The van der Waals surface area contributed by atoms with Crippen LogP contribution in [-0.2, 0) is 13.0 Å². The van der Waals surface area contributed by atoms with E-state index >= 15 is 0 Å². The Morgan fingerprint density at radius 2 is 1.79 bits per heavy atom. The highest BCUT2D eigenvalue weighted by molar-refractivity contribution is 5.54. The second-order valence-corrected chi connectivity index (χ2v) is 5.85. The molecule has 130 valence electrons. The van der Waals surface area contributed by atoms with Crippen LogP contribution in [0.3, 0.4) is 0 Å². The summed E-state index contributed by atoms with van der Waals surface area (Å²) in [5.41, 5.74) is 9.28. The summed E-state index contributed by atoms with van der Waals surface area (Å²) in [6.07, 6.45) is 3.07. The second kappa shape index (κ2) is 9.83. The van der Waals surface area contributed by atoms with Gasteiger partial charge < -0.3 is 20.5 Å². The highest BCUT2D eigenvalue weighted by atomic mass is 16.5. The summed E-state index contributed by atoms with van der Waals surface area (Å²) in [5, 5.41) is 3.47. The van der Waals surface area contributed by atoms with Crippen LogP contribution in [0.4, 0.5) is 5.69 Å². The van der Waals surface area contributed by atoms with Gasteiger partial charge in [-0.15, -0.1) is 0 Å². The maximum absolute atomic E-state index is 6.04. The van der Waals surface area contributed by atoms with Crippen LogP contribution >= 0.6 is 0 Å². The molecule has 0 aliphatic carbocycles. The summed E-state index contributed by atoms with van der Waals surface area (Å²) in [7, 11) is 1.68. The standard InChI is InChI=1S/C20H28N2O2/c1-3-13-24-20-11-8-16(14-19(20)21)5-4-12-22-15-17-6-9-18(23-2)10-7-17/h6-11,14,22H,3-5,12-13,15,21H2,1-2H3. The number of rotatable bonds is 10. The molecule has 0 aliphatic heterocycles. The molecule has 0 atom stereocenters. The zero-order chi connectivity index (χ0) is 17.2. The molecule has 0 aliphatic rings. The van der Waals surface area contributed by atoms with Gasteiger partial charge in [0.1, 0.15) is 11.5 Å². The molecule has 2 aromatic carbocycles. The summed E-state index contributed by atoms with van der Waals surface area (Å²) in [4.78, 5) is 0. The van der Waals surface area contributed by atoms with Crippen LogP contribution in [-0.4, -0.2) is 20.3 Å². The lowest BCUT2D eigenvalue weighted by Crippen LogP contribution is -2.15. The molecule has 0 saturated carbocycles. The number of ether oxygens (including phenoxy) is 2. The van der Waals surface area contributed by atoms with Gasteiger partial charge in [0.15, 0.2) is 0 Å². The number of nitrogens with one attached hydrogen (secondary N) is 1. The number of nitrogen functional groups attached to an aromatic ring is 1. The minimum Gasteiger partial charge on any atom is -0.497 e. The van der Waals surface area contributed by atoms with Crippen LogP contribution in [0, 0.1) is 0 Å². The maximum Gasteiger partial charge on any atom is 0.142 e. The minimum atomic E-state index is 0.707. The van der Waals surface area contributed by atoms with Gasteiger partial charge in [-0.2, -0.15) is 0 Å². The quantitative estimate of drug-likeness (QED) is 0.515. The van der Waals surface area contributed by atoms with Gasteiger partial charge in [-0.25, -0.2) is 0 Å². The largest absolute Gasteiger partial charge is 0.497 e. The molecule has 0 saturated heterocycles. The molecule has 0 fully saturated rings. The topological polar surface area (TPSA) is 56.5 Å². The van der Waals surface area contributed by atoms with Crippen LogP contribution in [0.5, 0.6) is 11.5 Å². The predicted molar refractivity (Wildman–Crippen MR) is 99.7 cm³/mol. The third-order valence-electron chi connectivity index (χ3n) is 3.84. The van der Waals surface area contributed by atoms with Crippen LogP contribution in [0.1, 0.15) is 30.9 Å². The lowest BCUT2D eigenvalue weighted by atomic mass is 10.1. The van der Waals surface area contributed by atoms with Crippen LogP contribution in [0.15, 0.2) is 42.5 Å². The Labute approximate surface area is 145 Å². The Morgan fingerprint density at radius 1 is 1.04 bits per heavy atom. The first-order chi connectivity index (χ1) is 11.7. The van der Waals surface area contributed by atoms with E-state index in [9.17, 15) is 0 Å². The summed E-state index contributed by atoms with van der Waals surface area (Å²) < 4.78 is 10.8. The molecule has 0 bridgehead atoms. The van der Waals surface area contributed by atoms with E-state index < -0.39 is 0 Å². The van der Waals surface area contributed by atoms with E-state index in [1.807, 2.05) is 24.3 Å². The van der Waals surface area contributed by atoms with E-state index in [0.717, 1.165) is 49.5 Å². The number of anilines is 1. The average Bonchev–Trinajstić information content (AvgIpc) is 2.61. The van der Waals surface area contributed by atoms with Crippen LogP contribution in [0.25, 0.3) is 0 Å². The third-order valence-corrected chi connectivity index (χ3v) is 3.84. The lowest BCUT2D eigenvalue weighted by molar-refractivity contribution is 0.319. The fourth-order valence-electron chi connectivity index (χ4n) is 2.49. The average molecular weight is 328 g/mol. The van der Waals surface area contributed by atoms with Crippen molar-refractivity contribution in [2.45, 2.75) is 32.7 Å². The third kappa shape index (κ3) is 5.78. The summed E-state index contributed by atoms with van der Waals surface area (Å²) in [6.45, 7) is 4.64. The lowest BCUT2D eigenvalue weighted by Gasteiger charge is -2.10. The van der Waals surface area contributed by atoms with Gasteiger partial charge in [-0.3, -0.25) is 0 Å². The van der Waals surface area contributed by atoms with Gasteiger partial charge in [0.2, 0.25) is 0 Å². The van der Waals surface area contributed by atoms with Gasteiger partial charge >= 0.3 is 0 Å². The minimum absolute atomic E-state index is 0.707. The molecule has 0 radical (unpaired) electrons. The van der Waals surface area contributed by atoms with Crippen LogP contribution < -0.4 is 20.5 Å². The van der Waals surface area contributed by atoms with E-state index in [-0.39, 0.29) is 0 Å². The summed E-state index contributed by atoms with van der Waals surface area (Å²) in [5.74, 6) is 1.68. The molecule has 0 spiro atoms. The number of aryl methyl sites for hydroxylation is 1. The molecule has 0 heterocycles. The van der Waals surface area contributed by atoms with Gasteiger partial charge in [0.05, 0.1) is 19.4 Å². The SMILES string of the molecule is CCCOc1ccc(CCCNCc2ccc(OC)cc2)cc1N. The molecule has 0 unspecified atom stereocenters. The molecule has 2 aromatic rings. The van der Waals surface area contributed by atoms with Crippen molar-refractivity contribution in [3.63, 3.8) is 0 Å². The molecule has 4 heteroatoms. The number of hydrogen-bond donors (Lipinski definition) is 2. The van der Waals surface area contributed by atoms with E-state index in [4.69, 9.17) is 15.2 Å². The summed E-state index contributed by atoms with van der Waals surface area (Å²) in [6, 6.07) is 14.2. The van der Waals surface area contributed by atoms with Crippen molar-refractivity contribution < 1.29 is 9.47 Å². The molecule has 3 N–H and O–H groups in total. The second-order valence-electron chi connectivity index (χ2n) is 5.85. The highest BCUT2D eigenvalue weighted by Gasteiger charge is 2.02. The van der Waals surface area contributed by atoms with Gasteiger partial charge in [-0.05, 0) is 61.2 Å². The van der Waals surface area contributed by atoms with Gasteiger partial charge in [0, 0.05) is 6.54 Å². The van der Waals surface area contributed by atoms with Crippen LogP contribution in [0.2, 0.25) is 0 Å². The molecule has 4 nitrogen and oxygen atoms in total. The monoisotopic (exact) mass is 328 g/mol. The predicted octanol–water partition coefficient (Wildman–Crippen LogP) is 3.79. The zero-order valence-electron chi connectivity index (χ0n) is 14.7. The van der Waals surface area contributed by atoms with Crippen molar-refractivity contribution in [3.05, 3.63) is 53.6 Å². The first-order valence-corrected chi connectivity index (χ1v) is 8.57. The van der Waals surface area contributed by atoms with Crippen molar-refractivity contribution in [1.82, 2.24) is 5.32 Å². The zero-order valence-corrected chi connectivity index (χ0v) is 14.7. The molecule has 2 rings (SSSR count). The smallest absolute Gasteiger partial charge is 0.142 e. The van der Waals surface area contributed by atoms with Crippen molar-refractivity contribution in [3.8, 4) is 11.5 Å². The Hall–Kier alpha value is -2.20. The van der Waals surface area contributed by atoms with E-state index in [2.05, 4.69) is 30.4 Å². The molecule has 0 aromatic heterocycles. The van der Waals surface area contributed by atoms with Gasteiger partial charge in [0.25, 0.3) is 0 Å². The Balaban J connectivity index is 1.69. The maximum atomic E-state index is 6.04. The van der Waals surface area contributed by atoms with E-state index in [0.29, 0.717) is 6.61 Å². The Morgan fingerprint density at radius 3 is 2.46 bits per heavy atom. The van der Waals surface area contributed by atoms with Crippen molar-refractivity contribution >= 4 is 5.69 Å². The van der Waals surface area contributed by atoms with E-state index in [1.165, 1.54) is 11.1 Å². The number of hydrogen-bond acceptors (Lipinski definition) is 4. The molecule has 0 amide bonds. The van der Waals surface area contributed by atoms with Crippen molar-refractivity contribution in [2.75, 3.05) is 26.0 Å². The van der Waals surface area contributed by atoms with Gasteiger partial charge in [-0.1, -0.05) is 25.1 Å². The number of nitrogens with two attached hydrogens (primary N) is 1. The summed E-state index contributed by atoms with van der Waals surface area (Å²) >= 11 is 0. The number of methoxy groups -OCH3 is 1. The van der Waals surface area contributed by atoms with Crippen molar-refractivity contribution in [1.29, 1.82) is 0 Å². The molecule has 24 heavy (non-hydrogen) atoms.